The van der Waals surface area contributed by atoms with Gasteiger partial charge in [-0.15, -0.1) is 0 Å². The van der Waals surface area contributed by atoms with Crippen molar-refractivity contribution < 1.29 is 9.50 Å². The van der Waals surface area contributed by atoms with Crippen LogP contribution in [0.1, 0.15) is 32.1 Å². The Balaban J connectivity index is 1.68. The van der Waals surface area contributed by atoms with Crippen LogP contribution < -0.4 is 5.32 Å². The van der Waals surface area contributed by atoms with Gasteiger partial charge in [-0.3, -0.25) is 0 Å². The molecule has 136 valence electrons. The maximum Gasteiger partial charge on any atom is 0.183 e. The molecule has 4 rings (SSSR count). The van der Waals surface area contributed by atoms with E-state index in [4.69, 9.17) is 11.6 Å². The van der Waals surface area contributed by atoms with E-state index in [2.05, 4.69) is 25.3 Å². The highest BCUT2D eigenvalue weighted by atomic mass is 35.5. The van der Waals surface area contributed by atoms with Gasteiger partial charge in [0.25, 0.3) is 0 Å². The van der Waals surface area contributed by atoms with E-state index in [9.17, 15) is 9.50 Å². The fraction of sp³-hybridized carbons (Fsp3) is 0.389. The van der Waals surface area contributed by atoms with Crippen molar-refractivity contribution in [3.8, 4) is 11.4 Å². The van der Waals surface area contributed by atoms with E-state index >= 15 is 0 Å². The molecule has 1 aliphatic rings. The first-order chi connectivity index (χ1) is 12.6. The number of pyridine rings is 1. The Morgan fingerprint density at radius 2 is 2.04 bits per heavy atom. The van der Waals surface area contributed by atoms with Gasteiger partial charge >= 0.3 is 0 Å². The maximum absolute atomic E-state index is 14.3. The lowest BCUT2D eigenvalue weighted by atomic mass is 10.1. The van der Waals surface area contributed by atoms with E-state index in [-0.39, 0.29) is 11.9 Å². The molecule has 1 aliphatic carbocycles. The Labute approximate surface area is 154 Å². The van der Waals surface area contributed by atoms with Crippen LogP contribution in [0, 0.1) is 5.82 Å². The van der Waals surface area contributed by atoms with Crippen LogP contribution in [-0.4, -0.2) is 37.2 Å². The minimum atomic E-state index is -0.541. The number of anilines is 1. The van der Waals surface area contributed by atoms with Crippen molar-refractivity contribution in [3.63, 3.8) is 0 Å². The SMILES string of the molecule is OC1CCCCCC1Nc1nc(-c2c[nH]c3ncc(Cl)cc23)ncc1F. The molecular formula is C18H19ClFN5O. The van der Waals surface area contributed by atoms with E-state index in [0.717, 1.165) is 37.3 Å². The number of aliphatic hydroxyl groups is 1. The molecule has 0 aromatic carbocycles. The molecule has 3 heterocycles. The lowest BCUT2D eigenvalue weighted by Gasteiger charge is -2.22. The zero-order valence-electron chi connectivity index (χ0n) is 14.0. The molecule has 26 heavy (non-hydrogen) atoms. The average Bonchev–Trinajstić information content (AvgIpc) is 2.94. The minimum Gasteiger partial charge on any atom is -0.391 e. The van der Waals surface area contributed by atoms with Crippen LogP contribution in [0.5, 0.6) is 0 Å². The highest BCUT2D eigenvalue weighted by Gasteiger charge is 2.23. The van der Waals surface area contributed by atoms with Gasteiger partial charge < -0.3 is 15.4 Å². The summed E-state index contributed by atoms with van der Waals surface area (Å²) in [5.74, 6) is -0.0705. The summed E-state index contributed by atoms with van der Waals surface area (Å²) in [4.78, 5) is 15.7. The summed E-state index contributed by atoms with van der Waals surface area (Å²) < 4.78 is 14.3. The lowest BCUT2D eigenvalue weighted by Crippen LogP contribution is -2.33. The Bertz CT molecular complexity index is 931. The second kappa shape index (κ2) is 7.17. The van der Waals surface area contributed by atoms with Gasteiger partial charge in [-0.05, 0) is 18.9 Å². The highest BCUT2D eigenvalue weighted by molar-refractivity contribution is 6.31. The smallest absolute Gasteiger partial charge is 0.183 e. The van der Waals surface area contributed by atoms with Crippen LogP contribution in [0.3, 0.4) is 0 Å². The zero-order valence-corrected chi connectivity index (χ0v) is 14.8. The molecule has 8 heteroatoms. The Morgan fingerprint density at radius 3 is 2.92 bits per heavy atom. The second-order valence-corrected chi connectivity index (χ2v) is 7.03. The lowest BCUT2D eigenvalue weighted by molar-refractivity contribution is 0.144. The molecular weight excluding hydrogens is 357 g/mol. The number of fused-ring (bicyclic) bond motifs is 1. The Hall–Kier alpha value is -2.25. The van der Waals surface area contributed by atoms with Gasteiger partial charge in [0.15, 0.2) is 17.5 Å². The summed E-state index contributed by atoms with van der Waals surface area (Å²) in [6.45, 7) is 0. The molecule has 3 N–H and O–H groups in total. The number of aromatic amines is 1. The summed E-state index contributed by atoms with van der Waals surface area (Å²) >= 11 is 6.03. The van der Waals surface area contributed by atoms with Crippen molar-refractivity contribution in [3.05, 3.63) is 35.5 Å². The topological polar surface area (TPSA) is 86.7 Å². The summed E-state index contributed by atoms with van der Waals surface area (Å²) in [6, 6.07) is 1.55. The molecule has 0 amide bonds. The molecule has 2 atom stereocenters. The molecule has 3 aromatic rings. The van der Waals surface area contributed by atoms with Gasteiger partial charge in [-0.2, -0.15) is 0 Å². The van der Waals surface area contributed by atoms with Crippen molar-refractivity contribution >= 4 is 28.5 Å². The summed E-state index contributed by atoms with van der Waals surface area (Å²) in [7, 11) is 0. The number of hydrogen-bond acceptors (Lipinski definition) is 5. The molecule has 0 radical (unpaired) electrons. The fourth-order valence-corrected chi connectivity index (χ4v) is 3.55. The standard InChI is InChI=1S/C18H19ClFN5O/c19-10-6-11-12(8-22-16(11)21-7-10)17-23-9-13(20)18(25-17)24-14-4-2-1-3-5-15(14)26/h6-9,14-15,26H,1-5H2,(H,21,22)(H,23,24,25). The first kappa shape index (κ1) is 17.2. The van der Waals surface area contributed by atoms with E-state index in [1.54, 1.807) is 18.5 Å². The number of H-pyrrole nitrogens is 1. The summed E-state index contributed by atoms with van der Waals surface area (Å²) in [5.41, 5.74) is 1.35. The Kier molecular flexibility index (Phi) is 4.74. The maximum atomic E-state index is 14.3. The molecule has 0 spiro atoms. The highest BCUT2D eigenvalue weighted by Crippen LogP contribution is 2.29. The normalized spacial score (nSPS) is 20.9. The zero-order chi connectivity index (χ0) is 18.1. The summed E-state index contributed by atoms with van der Waals surface area (Å²) in [6.07, 6.45) is 8.48. The van der Waals surface area contributed by atoms with Crippen molar-refractivity contribution in [2.24, 2.45) is 0 Å². The third-order valence-electron chi connectivity index (χ3n) is 4.78. The van der Waals surface area contributed by atoms with Crippen LogP contribution in [0.2, 0.25) is 5.02 Å². The van der Waals surface area contributed by atoms with E-state index in [0.29, 0.717) is 28.5 Å². The third-order valence-corrected chi connectivity index (χ3v) is 4.99. The van der Waals surface area contributed by atoms with Crippen LogP contribution in [0.4, 0.5) is 10.2 Å². The van der Waals surface area contributed by atoms with Gasteiger partial charge in [0.05, 0.1) is 23.4 Å². The first-order valence-corrected chi connectivity index (χ1v) is 9.10. The number of aliphatic hydroxyl groups excluding tert-OH is 1. The second-order valence-electron chi connectivity index (χ2n) is 6.60. The number of hydrogen-bond donors (Lipinski definition) is 3. The van der Waals surface area contributed by atoms with E-state index < -0.39 is 11.9 Å². The predicted octanol–water partition coefficient (Wildman–Crippen LogP) is 3.92. The minimum absolute atomic E-state index is 0.102. The van der Waals surface area contributed by atoms with Crippen LogP contribution in [-0.2, 0) is 0 Å². The third kappa shape index (κ3) is 3.37. The molecule has 3 aromatic heterocycles. The summed E-state index contributed by atoms with van der Waals surface area (Å²) in [5, 5.41) is 14.6. The molecule has 0 bridgehead atoms. The largest absolute Gasteiger partial charge is 0.391 e. The van der Waals surface area contributed by atoms with Crippen molar-refractivity contribution in [2.75, 3.05) is 5.32 Å². The van der Waals surface area contributed by atoms with Crippen LogP contribution in [0.15, 0.2) is 24.7 Å². The van der Waals surface area contributed by atoms with Crippen molar-refractivity contribution in [2.45, 2.75) is 44.2 Å². The number of halogens is 2. The number of aromatic nitrogens is 4. The predicted molar refractivity (Wildman–Crippen MR) is 98.6 cm³/mol. The van der Waals surface area contributed by atoms with Gasteiger partial charge in [0, 0.05) is 23.3 Å². The molecule has 1 saturated carbocycles. The van der Waals surface area contributed by atoms with Crippen LogP contribution >= 0.6 is 11.6 Å². The van der Waals surface area contributed by atoms with E-state index in [1.807, 2.05) is 0 Å². The number of nitrogens with one attached hydrogen (secondary N) is 2. The van der Waals surface area contributed by atoms with Gasteiger partial charge in [0.1, 0.15) is 5.65 Å². The van der Waals surface area contributed by atoms with Crippen molar-refractivity contribution in [1.82, 2.24) is 19.9 Å². The van der Waals surface area contributed by atoms with Gasteiger partial charge in [-0.1, -0.05) is 30.9 Å². The number of nitrogens with zero attached hydrogens (tertiary/aromatic N) is 3. The van der Waals surface area contributed by atoms with E-state index in [1.165, 1.54) is 0 Å². The molecule has 2 unspecified atom stereocenters. The van der Waals surface area contributed by atoms with Gasteiger partial charge in [0.2, 0.25) is 0 Å². The quantitative estimate of drug-likeness (QED) is 0.604. The van der Waals surface area contributed by atoms with Crippen molar-refractivity contribution in [1.29, 1.82) is 0 Å². The molecule has 0 aliphatic heterocycles. The fourth-order valence-electron chi connectivity index (χ4n) is 3.39. The molecule has 0 saturated heterocycles. The molecule has 1 fully saturated rings. The monoisotopic (exact) mass is 375 g/mol. The average molecular weight is 376 g/mol. The van der Waals surface area contributed by atoms with Gasteiger partial charge in [-0.25, -0.2) is 19.3 Å². The van der Waals surface area contributed by atoms with Crippen LogP contribution in [0.25, 0.3) is 22.4 Å². The molecule has 6 nitrogen and oxygen atoms in total. The number of rotatable bonds is 3. The first-order valence-electron chi connectivity index (χ1n) is 8.72. The Morgan fingerprint density at radius 1 is 1.19 bits per heavy atom.